The molecule has 2 amide bonds. The molecule has 2 rings (SSSR count). The predicted octanol–water partition coefficient (Wildman–Crippen LogP) is 3.45. The molecule has 5 nitrogen and oxygen atoms in total. The van der Waals surface area contributed by atoms with Crippen LogP contribution < -0.4 is 5.32 Å². The van der Waals surface area contributed by atoms with Gasteiger partial charge in [0.2, 0.25) is 0 Å². The summed E-state index contributed by atoms with van der Waals surface area (Å²) >= 11 is 0. The van der Waals surface area contributed by atoms with Gasteiger partial charge in [0.1, 0.15) is 0 Å². The quantitative estimate of drug-likeness (QED) is 0.867. The Balaban J connectivity index is 1.93. The van der Waals surface area contributed by atoms with E-state index in [1.54, 1.807) is 11.8 Å². The molecule has 2 N–H and O–H groups in total. The van der Waals surface area contributed by atoms with Crippen molar-refractivity contribution in [2.75, 3.05) is 13.1 Å². The van der Waals surface area contributed by atoms with E-state index in [1.807, 2.05) is 19.1 Å². The highest BCUT2D eigenvalue weighted by Gasteiger charge is 2.42. The van der Waals surface area contributed by atoms with Crippen molar-refractivity contribution in [2.45, 2.75) is 46.6 Å². The summed E-state index contributed by atoms with van der Waals surface area (Å²) in [6, 6.07) is 8.01. The molecule has 0 bridgehead atoms. The first-order valence-corrected chi connectivity index (χ1v) is 8.59. The van der Waals surface area contributed by atoms with E-state index >= 15 is 0 Å². The van der Waals surface area contributed by atoms with E-state index in [4.69, 9.17) is 0 Å². The molecule has 1 heterocycles. The standard InChI is InChI=1S/C19H28N2O3/c1-13(2)11-15-5-7-16(8-6-15)14(3)20-18(24)21-10-9-19(4,12-21)17(22)23/h5-8,13-14H,9-12H2,1-4H3,(H,20,24)(H,22,23). The van der Waals surface area contributed by atoms with E-state index in [9.17, 15) is 14.7 Å². The van der Waals surface area contributed by atoms with Gasteiger partial charge >= 0.3 is 12.0 Å². The lowest BCUT2D eigenvalue weighted by atomic mass is 9.90. The molecule has 0 aliphatic carbocycles. The van der Waals surface area contributed by atoms with Gasteiger partial charge in [0.25, 0.3) is 0 Å². The van der Waals surface area contributed by atoms with Gasteiger partial charge in [-0.15, -0.1) is 0 Å². The third kappa shape index (κ3) is 4.28. The van der Waals surface area contributed by atoms with Gasteiger partial charge in [-0.1, -0.05) is 38.1 Å². The molecule has 24 heavy (non-hydrogen) atoms. The third-order valence-electron chi connectivity index (χ3n) is 4.74. The minimum atomic E-state index is -0.841. The number of rotatable bonds is 5. The summed E-state index contributed by atoms with van der Waals surface area (Å²) in [4.78, 5) is 25.3. The van der Waals surface area contributed by atoms with Crippen molar-refractivity contribution in [1.29, 1.82) is 0 Å². The molecule has 0 saturated carbocycles. The molecule has 0 spiro atoms. The molecule has 2 unspecified atom stereocenters. The molecule has 1 aliphatic heterocycles. The summed E-state index contributed by atoms with van der Waals surface area (Å²) in [6.45, 7) is 8.76. The molecule has 5 heteroatoms. The normalized spacial score (nSPS) is 21.8. The SMILES string of the molecule is CC(C)Cc1ccc(C(C)NC(=O)N2CCC(C)(C(=O)O)C2)cc1. The minimum Gasteiger partial charge on any atom is -0.481 e. The number of benzene rings is 1. The van der Waals surface area contributed by atoms with E-state index in [-0.39, 0.29) is 18.6 Å². The number of carbonyl (C=O) groups is 2. The van der Waals surface area contributed by atoms with Crippen molar-refractivity contribution < 1.29 is 14.7 Å². The maximum absolute atomic E-state index is 12.4. The molecular formula is C19H28N2O3. The van der Waals surface area contributed by atoms with Crippen LogP contribution in [0.25, 0.3) is 0 Å². The number of likely N-dealkylation sites (tertiary alicyclic amines) is 1. The van der Waals surface area contributed by atoms with Gasteiger partial charge in [0.05, 0.1) is 11.5 Å². The van der Waals surface area contributed by atoms with Gasteiger partial charge in [-0.25, -0.2) is 4.79 Å². The Kier molecular flexibility index (Phi) is 5.52. The van der Waals surface area contributed by atoms with E-state index in [2.05, 4.69) is 31.3 Å². The van der Waals surface area contributed by atoms with E-state index in [1.165, 1.54) is 5.56 Å². The Hall–Kier alpha value is -2.04. The summed E-state index contributed by atoms with van der Waals surface area (Å²) in [5.74, 6) is -0.224. The third-order valence-corrected chi connectivity index (χ3v) is 4.74. The van der Waals surface area contributed by atoms with Crippen LogP contribution in [-0.2, 0) is 11.2 Å². The van der Waals surface area contributed by atoms with Gasteiger partial charge in [0, 0.05) is 13.1 Å². The van der Waals surface area contributed by atoms with Crippen molar-refractivity contribution in [3.8, 4) is 0 Å². The van der Waals surface area contributed by atoms with Gasteiger partial charge in [0.15, 0.2) is 0 Å². The Bertz CT molecular complexity index is 597. The number of carboxylic acid groups (broad SMARTS) is 1. The monoisotopic (exact) mass is 332 g/mol. The first-order chi connectivity index (χ1) is 11.2. The number of amides is 2. The first kappa shape index (κ1) is 18.3. The number of nitrogens with one attached hydrogen (secondary N) is 1. The molecule has 1 aliphatic rings. The van der Waals surface area contributed by atoms with Crippen molar-refractivity contribution in [3.05, 3.63) is 35.4 Å². The molecule has 0 aromatic heterocycles. The van der Waals surface area contributed by atoms with Crippen LogP contribution in [0.15, 0.2) is 24.3 Å². The maximum Gasteiger partial charge on any atom is 0.317 e. The second-order valence-electron chi connectivity index (χ2n) is 7.55. The number of hydrogen-bond donors (Lipinski definition) is 2. The summed E-state index contributed by atoms with van der Waals surface area (Å²) in [5, 5.41) is 12.2. The van der Waals surface area contributed by atoms with E-state index in [0.717, 1.165) is 12.0 Å². The van der Waals surface area contributed by atoms with Crippen molar-refractivity contribution >= 4 is 12.0 Å². The Morgan fingerprint density at radius 3 is 2.38 bits per heavy atom. The number of carboxylic acids is 1. The maximum atomic E-state index is 12.4. The molecule has 1 aromatic carbocycles. The zero-order valence-corrected chi connectivity index (χ0v) is 15.0. The van der Waals surface area contributed by atoms with Gasteiger partial charge in [-0.3, -0.25) is 4.79 Å². The summed E-state index contributed by atoms with van der Waals surface area (Å²) < 4.78 is 0. The highest BCUT2D eigenvalue weighted by Crippen LogP contribution is 2.30. The van der Waals surface area contributed by atoms with Crippen LogP contribution in [0.2, 0.25) is 0 Å². The number of aliphatic carboxylic acids is 1. The molecule has 1 saturated heterocycles. The highest BCUT2D eigenvalue weighted by atomic mass is 16.4. The van der Waals surface area contributed by atoms with Crippen LogP contribution in [0, 0.1) is 11.3 Å². The Morgan fingerprint density at radius 2 is 1.88 bits per heavy atom. The van der Waals surface area contributed by atoms with Crippen LogP contribution in [-0.4, -0.2) is 35.1 Å². The number of hydrogen-bond acceptors (Lipinski definition) is 2. The van der Waals surface area contributed by atoms with Crippen molar-refractivity contribution in [3.63, 3.8) is 0 Å². The molecule has 132 valence electrons. The van der Waals surface area contributed by atoms with E-state index < -0.39 is 11.4 Å². The van der Waals surface area contributed by atoms with Crippen molar-refractivity contribution in [2.24, 2.45) is 11.3 Å². The summed E-state index contributed by atoms with van der Waals surface area (Å²) in [7, 11) is 0. The molecule has 0 radical (unpaired) electrons. The Morgan fingerprint density at radius 1 is 1.25 bits per heavy atom. The smallest absolute Gasteiger partial charge is 0.317 e. The average Bonchev–Trinajstić information content (AvgIpc) is 2.91. The molecule has 1 aromatic rings. The summed E-state index contributed by atoms with van der Waals surface area (Å²) in [5.41, 5.74) is 1.51. The number of carbonyl (C=O) groups excluding carboxylic acids is 1. The van der Waals surface area contributed by atoms with Gasteiger partial charge < -0.3 is 15.3 Å². The van der Waals surface area contributed by atoms with Gasteiger partial charge in [-0.05, 0) is 43.7 Å². The summed E-state index contributed by atoms with van der Waals surface area (Å²) in [6.07, 6.45) is 1.54. The number of urea groups is 1. The lowest BCUT2D eigenvalue weighted by Crippen LogP contribution is -2.41. The zero-order valence-electron chi connectivity index (χ0n) is 15.0. The van der Waals surface area contributed by atoms with Crippen LogP contribution in [0.5, 0.6) is 0 Å². The Labute approximate surface area is 144 Å². The minimum absolute atomic E-state index is 0.109. The lowest BCUT2D eigenvalue weighted by molar-refractivity contribution is -0.147. The largest absolute Gasteiger partial charge is 0.481 e. The lowest BCUT2D eigenvalue weighted by Gasteiger charge is -2.23. The fourth-order valence-corrected chi connectivity index (χ4v) is 3.08. The van der Waals surface area contributed by atoms with Crippen LogP contribution in [0.3, 0.4) is 0 Å². The van der Waals surface area contributed by atoms with Crippen molar-refractivity contribution in [1.82, 2.24) is 10.2 Å². The van der Waals surface area contributed by atoms with Gasteiger partial charge in [-0.2, -0.15) is 0 Å². The first-order valence-electron chi connectivity index (χ1n) is 8.59. The van der Waals surface area contributed by atoms with Crippen LogP contribution in [0.1, 0.15) is 51.3 Å². The molecule has 2 atom stereocenters. The molecular weight excluding hydrogens is 304 g/mol. The second kappa shape index (κ2) is 7.24. The second-order valence-corrected chi connectivity index (χ2v) is 7.55. The number of nitrogens with zero attached hydrogens (tertiary/aromatic N) is 1. The van der Waals surface area contributed by atoms with E-state index in [0.29, 0.717) is 18.9 Å². The predicted molar refractivity (Wildman–Crippen MR) is 93.9 cm³/mol. The average molecular weight is 332 g/mol. The van der Waals surface area contributed by atoms with Crippen LogP contribution in [0.4, 0.5) is 4.79 Å². The fourth-order valence-electron chi connectivity index (χ4n) is 3.08. The fraction of sp³-hybridized carbons (Fsp3) is 0.579. The zero-order chi connectivity index (χ0) is 17.9. The molecule has 1 fully saturated rings. The van der Waals surface area contributed by atoms with Crippen LogP contribution >= 0.6 is 0 Å². The highest BCUT2D eigenvalue weighted by molar-refractivity contribution is 5.79. The topological polar surface area (TPSA) is 69.6 Å².